The second-order valence-electron chi connectivity index (χ2n) is 7.07. The van der Waals surface area contributed by atoms with Gasteiger partial charge in [0.1, 0.15) is 10.8 Å². The summed E-state index contributed by atoms with van der Waals surface area (Å²) < 4.78 is 5.94. The molecule has 3 aromatic rings. The second-order valence-corrected chi connectivity index (χ2v) is 8.31. The van der Waals surface area contributed by atoms with Gasteiger partial charge in [0.2, 0.25) is 0 Å². The summed E-state index contributed by atoms with van der Waals surface area (Å²) in [5.74, 6) is 1.03. The van der Waals surface area contributed by atoms with Gasteiger partial charge in [-0.05, 0) is 50.8 Å². The van der Waals surface area contributed by atoms with Crippen LogP contribution in [0.4, 0.5) is 0 Å². The zero-order valence-corrected chi connectivity index (χ0v) is 16.8. The fourth-order valence-electron chi connectivity index (χ4n) is 2.72. The van der Waals surface area contributed by atoms with Crippen LogP contribution >= 0.6 is 11.3 Å². The van der Waals surface area contributed by atoms with E-state index in [0.717, 1.165) is 21.1 Å². The highest BCUT2D eigenvalue weighted by Gasteiger charge is 2.23. The van der Waals surface area contributed by atoms with E-state index in [9.17, 15) is 4.79 Å². The molecule has 1 N–H and O–H groups in total. The van der Waals surface area contributed by atoms with E-state index in [1.807, 2.05) is 38.2 Å². The zero-order valence-electron chi connectivity index (χ0n) is 15.9. The Labute approximate surface area is 168 Å². The smallest absolute Gasteiger partial charge is 0.255 e. The van der Waals surface area contributed by atoms with Crippen LogP contribution in [-0.4, -0.2) is 27.5 Å². The maximum atomic E-state index is 12.9. The molecule has 1 saturated carbocycles. The summed E-state index contributed by atoms with van der Waals surface area (Å²) in [5, 5.41) is 3.82. The minimum Gasteiger partial charge on any atom is -0.492 e. The Morgan fingerprint density at radius 1 is 1.18 bits per heavy atom. The van der Waals surface area contributed by atoms with Crippen LogP contribution in [0.2, 0.25) is 0 Å². The number of amides is 1. The van der Waals surface area contributed by atoms with Crippen LogP contribution in [0, 0.1) is 19.8 Å². The lowest BCUT2D eigenvalue weighted by Gasteiger charge is -2.13. The van der Waals surface area contributed by atoms with E-state index in [4.69, 9.17) is 4.74 Å². The zero-order chi connectivity index (χ0) is 19.5. The number of carbonyl (C=O) groups excluding carboxylic acids is 1. The molecule has 0 bridgehead atoms. The topological polar surface area (TPSA) is 77.0 Å². The highest BCUT2D eigenvalue weighted by Crippen LogP contribution is 2.33. The van der Waals surface area contributed by atoms with Crippen molar-refractivity contribution in [2.24, 2.45) is 5.92 Å². The first-order chi connectivity index (χ1) is 13.6. The first-order valence-corrected chi connectivity index (χ1v) is 10.2. The molecular formula is C21H22N4O2S. The monoisotopic (exact) mass is 394 g/mol. The average Bonchev–Trinajstić information content (AvgIpc) is 3.44. The number of nitrogens with zero attached hydrogens (tertiary/aromatic N) is 3. The highest BCUT2D eigenvalue weighted by molar-refractivity contribution is 7.14. The molecule has 1 aliphatic carbocycles. The van der Waals surface area contributed by atoms with E-state index in [0.29, 0.717) is 36.1 Å². The number of hydrogen-bond donors (Lipinski definition) is 1. The molecule has 1 aliphatic rings. The molecule has 1 aromatic carbocycles. The van der Waals surface area contributed by atoms with Crippen molar-refractivity contribution < 1.29 is 9.53 Å². The minimum atomic E-state index is -0.191. The van der Waals surface area contributed by atoms with Crippen molar-refractivity contribution in [1.29, 1.82) is 0 Å². The number of rotatable bonds is 7. The molecule has 7 heteroatoms. The quantitative estimate of drug-likeness (QED) is 0.657. The predicted octanol–water partition coefficient (Wildman–Crippen LogP) is 3.94. The van der Waals surface area contributed by atoms with Crippen molar-refractivity contribution in [2.75, 3.05) is 6.61 Å². The Morgan fingerprint density at radius 2 is 2.04 bits per heavy atom. The van der Waals surface area contributed by atoms with E-state index >= 15 is 0 Å². The Kier molecular flexibility index (Phi) is 5.34. The molecule has 2 heterocycles. The van der Waals surface area contributed by atoms with Gasteiger partial charge in [-0.3, -0.25) is 14.8 Å². The van der Waals surface area contributed by atoms with Gasteiger partial charge in [-0.25, -0.2) is 4.98 Å². The van der Waals surface area contributed by atoms with E-state index in [-0.39, 0.29) is 5.91 Å². The molecule has 0 atom stereocenters. The maximum Gasteiger partial charge on any atom is 0.255 e. The second kappa shape index (κ2) is 8.06. The van der Waals surface area contributed by atoms with Crippen LogP contribution in [0.25, 0.3) is 10.6 Å². The van der Waals surface area contributed by atoms with Crippen LogP contribution in [-0.2, 0) is 6.54 Å². The third-order valence-electron chi connectivity index (χ3n) is 4.53. The van der Waals surface area contributed by atoms with Crippen molar-refractivity contribution in [2.45, 2.75) is 33.2 Å². The van der Waals surface area contributed by atoms with Crippen molar-refractivity contribution in [1.82, 2.24) is 20.3 Å². The maximum absolute atomic E-state index is 12.9. The molecule has 2 aromatic heterocycles. The predicted molar refractivity (Wildman–Crippen MR) is 108 cm³/mol. The summed E-state index contributed by atoms with van der Waals surface area (Å²) in [7, 11) is 0. The number of aryl methyl sites for hydroxylation is 2. The molecule has 0 saturated heterocycles. The summed E-state index contributed by atoms with van der Waals surface area (Å²) in [4.78, 5) is 27.0. The van der Waals surface area contributed by atoms with Crippen molar-refractivity contribution >= 4 is 17.2 Å². The number of benzene rings is 1. The molecule has 0 spiro atoms. The minimum absolute atomic E-state index is 0.191. The molecule has 0 aliphatic heterocycles. The lowest BCUT2D eigenvalue weighted by Crippen LogP contribution is -2.24. The van der Waals surface area contributed by atoms with Gasteiger partial charge in [-0.15, -0.1) is 11.3 Å². The summed E-state index contributed by atoms with van der Waals surface area (Å²) in [5.41, 5.74) is 2.99. The van der Waals surface area contributed by atoms with E-state index in [1.54, 1.807) is 23.7 Å². The summed E-state index contributed by atoms with van der Waals surface area (Å²) in [6, 6.07) is 5.69. The Hall–Kier alpha value is -2.80. The van der Waals surface area contributed by atoms with E-state index in [2.05, 4.69) is 20.3 Å². The van der Waals surface area contributed by atoms with Crippen molar-refractivity contribution in [3.63, 3.8) is 0 Å². The number of thiazole rings is 1. The van der Waals surface area contributed by atoms with Gasteiger partial charge in [0, 0.05) is 22.8 Å². The third kappa shape index (κ3) is 4.54. The lowest BCUT2D eigenvalue weighted by molar-refractivity contribution is 0.0946. The number of carbonyl (C=O) groups is 1. The standard InChI is InChI=1S/C21H22N4O2S/c1-13-8-23-17(10-22-13)11-24-20(26)18-7-16(21-25-9-14(2)28-21)5-6-19(18)27-12-15-3-4-15/h5-10,15H,3-4,11-12H2,1-2H3,(H,24,26). The van der Waals surface area contributed by atoms with Crippen LogP contribution in [0.5, 0.6) is 5.75 Å². The largest absolute Gasteiger partial charge is 0.492 e. The van der Waals surface area contributed by atoms with Crippen molar-refractivity contribution in [3.05, 3.63) is 58.6 Å². The van der Waals surface area contributed by atoms with Crippen LogP contribution in [0.1, 0.15) is 39.5 Å². The fraction of sp³-hybridized carbons (Fsp3) is 0.333. The van der Waals surface area contributed by atoms with Gasteiger partial charge >= 0.3 is 0 Å². The Morgan fingerprint density at radius 3 is 2.71 bits per heavy atom. The van der Waals surface area contributed by atoms with Gasteiger partial charge in [-0.1, -0.05) is 0 Å². The van der Waals surface area contributed by atoms with Gasteiger partial charge < -0.3 is 10.1 Å². The molecular weight excluding hydrogens is 372 g/mol. The summed E-state index contributed by atoms with van der Waals surface area (Å²) >= 11 is 1.61. The van der Waals surface area contributed by atoms with Crippen molar-refractivity contribution in [3.8, 4) is 16.3 Å². The first-order valence-electron chi connectivity index (χ1n) is 9.34. The molecule has 1 amide bonds. The fourth-order valence-corrected chi connectivity index (χ4v) is 3.48. The van der Waals surface area contributed by atoms with Gasteiger partial charge in [0.25, 0.3) is 5.91 Å². The van der Waals surface area contributed by atoms with Crippen LogP contribution < -0.4 is 10.1 Å². The highest BCUT2D eigenvalue weighted by atomic mass is 32.1. The number of ether oxygens (including phenoxy) is 1. The lowest BCUT2D eigenvalue weighted by atomic mass is 10.1. The Balaban J connectivity index is 1.55. The molecule has 4 rings (SSSR count). The molecule has 28 heavy (non-hydrogen) atoms. The summed E-state index contributed by atoms with van der Waals surface area (Å²) in [6.07, 6.45) is 7.60. The van der Waals surface area contributed by atoms with Crippen LogP contribution in [0.3, 0.4) is 0 Å². The Bertz CT molecular complexity index is 980. The first kappa shape index (κ1) is 18.6. The van der Waals surface area contributed by atoms with E-state index < -0.39 is 0 Å². The number of nitrogens with one attached hydrogen (secondary N) is 1. The van der Waals surface area contributed by atoms with Crippen LogP contribution in [0.15, 0.2) is 36.8 Å². The van der Waals surface area contributed by atoms with Gasteiger partial charge in [0.15, 0.2) is 0 Å². The van der Waals surface area contributed by atoms with Gasteiger partial charge in [-0.2, -0.15) is 0 Å². The normalized spacial score (nSPS) is 13.4. The molecule has 144 valence electrons. The molecule has 1 fully saturated rings. The average molecular weight is 395 g/mol. The molecule has 0 radical (unpaired) electrons. The molecule has 6 nitrogen and oxygen atoms in total. The van der Waals surface area contributed by atoms with Gasteiger partial charge in [0.05, 0.1) is 36.3 Å². The number of aromatic nitrogens is 3. The van der Waals surface area contributed by atoms with E-state index in [1.165, 1.54) is 12.8 Å². The summed E-state index contributed by atoms with van der Waals surface area (Å²) in [6.45, 7) is 4.86. The third-order valence-corrected chi connectivity index (χ3v) is 5.49. The molecule has 0 unspecified atom stereocenters. The SMILES string of the molecule is Cc1cnc(CNC(=O)c2cc(-c3ncc(C)s3)ccc2OCC2CC2)cn1. The number of hydrogen-bond acceptors (Lipinski definition) is 6.